The lowest BCUT2D eigenvalue weighted by molar-refractivity contribution is 0.260. The third-order valence-electron chi connectivity index (χ3n) is 6.36. The Labute approximate surface area is 196 Å². The van der Waals surface area contributed by atoms with Gasteiger partial charge >= 0.3 is 0 Å². The molecule has 0 aliphatic carbocycles. The van der Waals surface area contributed by atoms with E-state index in [4.69, 9.17) is 16.3 Å². The molecule has 33 heavy (non-hydrogen) atoms. The van der Waals surface area contributed by atoms with Gasteiger partial charge in [0, 0.05) is 37.6 Å². The average Bonchev–Trinajstić information content (AvgIpc) is 3.51. The molecule has 1 N–H and O–H groups in total. The molecule has 5 rings (SSSR count). The molecule has 2 aliphatic rings. The molecule has 0 bridgehead atoms. The Bertz CT molecular complexity index is 1230. The van der Waals surface area contributed by atoms with E-state index in [0.717, 1.165) is 25.3 Å². The molecule has 0 aromatic carbocycles. The lowest BCUT2D eigenvalue weighted by Crippen LogP contribution is -2.35. The minimum atomic E-state index is -0.343. The summed E-state index contributed by atoms with van der Waals surface area (Å²) in [5.74, 6) is 1.21. The Kier molecular flexibility index (Phi) is 6.20. The van der Waals surface area contributed by atoms with E-state index in [9.17, 15) is 9.59 Å². The van der Waals surface area contributed by atoms with Crippen LogP contribution in [0.1, 0.15) is 25.0 Å². The lowest BCUT2D eigenvalue weighted by Gasteiger charge is -2.24. The van der Waals surface area contributed by atoms with Gasteiger partial charge in [0.25, 0.3) is 11.1 Å². The average molecular weight is 468 g/mol. The third-order valence-corrected chi connectivity index (χ3v) is 6.58. The number of pyridine rings is 3. The van der Waals surface area contributed by atoms with Gasteiger partial charge in [0.05, 0.1) is 10.7 Å². The van der Waals surface area contributed by atoms with Crippen LogP contribution in [0.5, 0.6) is 5.75 Å². The van der Waals surface area contributed by atoms with Crippen molar-refractivity contribution in [1.82, 2.24) is 19.4 Å². The Morgan fingerprint density at radius 1 is 1.09 bits per heavy atom. The molecule has 5 heterocycles. The number of H-pyrrole nitrogens is 1. The maximum Gasteiger partial charge on any atom is 0.273 e. The summed E-state index contributed by atoms with van der Waals surface area (Å²) in [6, 6.07) is 10.7. The highest BCUT2D eigenvalue weighted by atomic mass is 35.5. The Balaban J connectivity index is 1.27. The van der Waals surface area contributed by atoms with Crippen molar-refractivity contribution in [1.29, 1.82) is 0 Å². The summed E-state index contributed by atoms with van der Waals surface area (Å²) in [7, 11) is 0. The van der Waals surface area contributed by atoms with Crippen LogP contribution in [0, 0.1) is 0 Å². The molecule has 2 saturated heterocycles. The Morgan fingerprint density at radius 2 is 1.94 bits per heavy atom. The first-order valence-corrected chi connectivity index (χ1v) is 11.6. The fourth-order valence-corrected chi connectivity index (χ4v) is 4.71. The van der Waals surface area contributed by atoms with Gasteiger partial charge in [0.15, 0.2) is 0 Å². The van der Waals surface area contributed by atoms with Crippen LogP contribution in [0.4, 0.5) is 5.82 Å². The third kappa shape index (κ3) is 4.82. The van der Waals surface area contributed by atoms with Gasteiger partial charge in [0.2, 0.25) is 0 Å². The summed E-state index contributed by atoms with van der Waals surface area (Å²) in [4.78, 5) is 37.4. The summed E-state index contributed by atoms with van der Waals surface area (Å²) >= 11 is 5.84. The van der Waals surface area contributed by atoms with E-state index in [1.165, 1.54) is 36.6 Å². The van der Waals surface area contributed by atoms with E-state index in [0.29, 0.717) is 22.5 Å². The zero-order chi connectivity index (χ0) is 22.8. The molecular weight excluding hydrogens is 442 g/mol. The van der Waals surface area contributed by atoms with Crippen LogP contribution in [-0.4, -0.2) is 51.7 Å². The van der Waals surface area contributed by atoms with Crippen molar-refractivity contribution in [2.45, 2.75) is 31.9 Å². The second kappa shape index (κ2) is 9.41. The molecule has 3 aromatic heterocycles. The zero-order valence-electron chi connectivity index (χ0n) is 18.2. The summed E-state index contributed by atoms with van der Waals surface area (Å²) < 4.78 is 6.98. The molecule has 0 spiro atoms. The number of nitrogens with one attached hydrogen (secondary N) is 1. The molecule has 0 amide bonds. The van der Waals surface area contributed by atoms with Crippen LogP contribution in [0.15, 0.2) is 58.4 Å². The second-order valence-electron chi connectivity index (χ2n) is 8.52. The van der Waals surface area contributed by atoms with Gasteiger partial charge in [-0.15, -0.1) is 0 Å². The largest absolute Gasteiger partial charge is 0.487 e. The molecule has 172 valence electrons. The normalized spacial score (nSPS) is 18.7. The van der Waals surface area contributed by atoms with E-state index in [2.05, 4.69) is 19.8 Å². The second-order valence-corrected chi connectivity index (χ2v) is 8.95. The standard InChI is InChI=1S/C24H26ClN5O3/c25-17-3-4-18(26-14-17)16-33-20-8-12-30(23(31)13-20)21-5-6-22(27-24(21)32)29-11-7-19(15-29)28-9-1-2-10-28/h3-6,8,12-14,19H,1-2,7,9-11,15-16H2,(H,27,32). The highest BCUT2D eigenvalue weighted by Gasteiger charge is 2.29. The van der Waals surface area contributed by atoms with E-state index < -0.39 is 0 Å². The van der Waals surface area contributed by atoms with Crippen LogP contribution in [-0.2, 0) is 6.61 Å². The molecule has 3 aromatic rings. The molecule has 9 heteroatoms. The minimum absolute atomic E-state index is 0.212. The number of nitrogens with zero attached hydrogens (tertiary/aromatic N) is 4. The van der Waals surface area contributed by atoms with Crippen molar-refractivity contribution in [3.8, 4) is 11.4 Å². The summed E-state index contributed by atoms with van der Waals surface area (Å²) in [5.41, 5.74) is 0.345. The first-order chi connectivity index (χ1) is 16.1. The quantitative estimate of drug-likeness (QED) is 0.600. The maximum atomic E-state index is 12.8. The molecule has 0 radical (unpaired) electrons. The number of aromatic nitrogens is 3. The first kappa shape index (κ1) is 21.7. The van der Waals surface area contributed by atoms with E-state index in [-0.39, 0.29) is 23.4 Å². The zero-order valence-corrected chi connectivity index (χ0v) is 19.0. The highest BCUT2D eigenvalue weighted by Crippen LogP contribution is 2.24. The monoisotopic (exact) mass is 467 g/mol. The molecule has 1 atom stereocenters. The van der Waals surface area contributed by atoms with Gasteiger partial charge in [-0.1, -0.05) is 11.6 Å². The number of likely N-dealkylation sites (tertiary alicyclic amines) is 1. The van der Waals surface area contributed by atoms with Gasteiger partial charge < -0.3 is 14.6 Å². The van der Waals surface area contributed by atoms with Crippen LogP contribution < -0.4 is 20.8 Å². The first-order valence-electron chi connectivity index (χ1n) is 11.3. The van der Waals surface area contributed by atoms with Gasteiger partial charge in [-0.2, -0.15) is 0 Å². The summed E-state index contributed by atoms with van der Waals surface area (Å²) in [6.07, 6.45) is 6.76. The van der Waals surface area contributed by atoms with Gasteiger partial charge in [-0.05, 0) is 62.7 Å². The van der Waals surface area contributed by atoms with Crippen molar-refractivity contribution < 1.29 is 4.74 Å². The van der Waals surface area contributed by atoms with E-state index >= 15 is 0 Å². The molecule has 1 unspecified atom stereocenters. The number of hydrogen-bond donors (Lipinski definition) is 1. The van der Waals surface area contributed by atoms with Gasteiger partial charge in [0.1, 0.15) is 23.9 Å². The number of rotatable bonds is 6. The van der Waals surface area contributed by atoms with Crippen molar-refractivity contribution in [3.63, 3.8) is 0 Å². The van der Waals surface area contributed by atoms with Crippen molar-refractivity contribution in [2.75, 3.05) is 31.1 Å². The number of anilines is 1. The Hall–Kier alpha value is -3.10. The van der Waals surface area contributed by atoms with Crippen LogP contribution >= 0.6 is 11.6 Å². The lowest BCUT2D eigenvalue weighted by atomic mass is 10.2. The van der Waals surface area contributed by atoms with Crippen molar-refractivity contribution in [3.05, 3.63) is 80.2 Å². The van der Waals surface area contributed by atoms with E-state index in [1.54, 1.807) is 36.7 Å². The number of hydrogen-bond acceptors (Lipinski definition) is 6. The highest BCUT2D eigenvalue weighted by molar-refractivity contribution is 6.30. The predicted octanol–water partition coefficient (Wildman–Crippen LogP) is 2.83. The molecule has 8 nitrogen and oxygen atoms in total. The minimum Gasteiger partial charge on any atom is -0.487 e. The van der Waals surface area contributed by atoms with Gasteiger partial charge in [-0.25, -0.2) is 0 Å². The number of aromatic amines is 1. The molecule has 2 aliphatic heterocycles. The number of ether oxygens (including phenoxy) is 1. The number of halogens is 1. The van der Waals surface area contributed by atoms with Crippen molar-refractivity contribution in [2.24, 2.45) is 0 Å². The van der Waals surface area contributed by atoms with Crippen LogP contribution in [0.2, 0.25) is 5.02 Å². The molecule has 2 fully saturated rings. The van der Waals surface area contributed by atoms with Crippen LogP contribution in [0.3, 0.4) is 0 Å². The fourth-order valence-electron chi connectivity index (χ4n) is 4.59. The fraction of sp³-hybridized carbons (Fsp3) is 0.375. The maximum absolute atomic E-state index is 12.8. The SMILES string of the molecule is O=c1[nH]c(N2CCC(N3CCCC3)C2)ccc1-n1ccc(OCc2ccc(Cl)cn2)cc1=O. The summed E-state index contributed by atoms with van der Waals surface area (Å²) in [6.45, 7) is 4.40. The van der Waals surface area contributed by atoms with Crippen LogP contribution in [0.25, 0.3) is 5.69 Å². The van der Waals surface area contributed by atoms with Crippen molar-refractivity contribution >= 4 is 17.4 Å². The van der Waals surface area contributed by atoms with Gasteiger partial charge in [-0.3, -0.25) is 24.0 Å². The smallest absolute Gasteiger partial charge is 0.273 e. The predicted molar refractivity (Wildman–Crippen MR) is 128 cm³/mol. The molecular formula is C24H26ClN5O3. The van der Waals surface area contributed by atoms with E-state index in [1.807, 2.05) is 6.07 Å². The summed E-state index contributed by atoms with van der Waals surface area (Å²) in [5, 5.41) is 0.550. The topological polar surface area (TPSA) is 83.5 Å². The Morgan fingerprint density at radius 3 is 2.67 bits per heavy atom. The molecule has 0 saturated carbocycles.